The van der Waals surface area contributed by atoms with Crippen LogP contribution in [0.3, 0.4) is 0 Å². The summed E-state index contributed by atoms with van der Waals surface area (Å²) in [6, 6.07) is 0. The predicted molar refractivity (Wildman–Crippen MR) is 35.6 cm³/mol. The summed E-state index contributed by atoms with van der Waals surface area (Å²) in [5.41, 5.74) is 1.26. The topological polar surface area (TPSA) is 61.4 Å². The maximum Gasteiger partial charge on any atom is 0.233 e. The van der Waals surface area contributed by atoms with E-state index in [-0.39, 0.29) is 6.67 Å². The van der Waals surface area contributed by atoms with E-state index in [9.17, 15) is 4.21 Å². The van der Waals surface area contributed by atoms with Gasteiger partial charge >= 0.3 is 0 Å². The van der Waals surface area contributed by atoms with Gasteiger partial charge in [-0.1, -0.05) is 12.2 Å². The third kappa shape index (κ3) is 5.96. The summed E-state index contributed by atoms with van der Waals surface area (Å²) >= 11 is 2.40. The number of nitrogens with one attached hydrogen (secondary N) is 2. The number of hydrogen-bond acceptors (Lipinski definition) is 2. The quantitative estimate of drug-likeness (QED) is 0.215. The summed E-state index contributed by atoms with van der Waals surface area (Å²) in [5.74, 6) is 0. The largest absolute Gasteiger partial charge is 0.369 e. The molecule has 0 spiro atoms. The van der Waals surface area contributed by atoms with Crippen molar-refractivity contribution in [3.63, 3.8) is 0 Å². The summed E-state index contributed by atoms with van der Waals surface area (Å²) in [6.45, 7) is 0.215. The number of hydrogen-bond donors (Lipinski definition) is 3. The van der Waals surface area contributed by atoms with Crippen molar-refractivity contribution in [1.29, 1.82) is 0 Å². The van der Waals surface area contributed by atoms with Gasteiger partial charge in [-0.2, -0.15) is 4.72 Å². The molecule has 0 radical (unpaired) electrons. The zero-order chi connectivity index (χ0) is 6.41. The van der Waals surface area contributed by atoms with Crippen LogP contribution in [0.15, 0.2) is 0 Å². The van der Waals surface area contributed by atoms with Crippen molar-refractivity contribution in [2.45, 2.75) is 0 Å². The normalized spacial score (nSPS) is 12.6. The number of rotatable bonds is 4. The van der Waals surface area contributed by atoms with Crippen LogP contribution in [0.2, 0.25) is 0 Å². The van der Waals surface area contributed by atoms with Crippen LogP contribution in [0.4, 0.5) is 0 Å². The lowest BCUT2D eigenvalue weighted by molar-refractivity contribution is 0.548. The first-order valence-electron chi connectivity index (χ1n) is 1.78. The second-order valence-corrected chi connectivity index (χ2v) is 1.91. The highest BCUT2D eigenvalue weighted by atomic mass is 32.2. The van der Waals surface area contributed by atoms with Gasteiger partial charge in [0, 0.05) is 0 Å². The number of thiocarbonyl (C=S) groups is 1. The molecule has 1 unspecified atom stereocenters. The highest BCUT2D eigenvalue weighted by molar-refractivity contribution is 7.78. The van der Waals surface area contributed by atoms with Crippen LogP contribution in [-0.2, 0) is 11.3 Å². The summed E-state index contributed by atoms with van der Waals surface area (Å²) in [5, 5.41) is 2.51. The maximum atomic E-state index is 9.79. The van der Waals surface area contributed by atoms with Crippen LogP contribution < -0.4 is 10.0 Å². The van der Waals surface area contributed by atoms with Crippen LogP contribution >= 0.6 is 12.2 Å². The molecule has 0 fully saturated rings. The van der Waals surface area contributed by atoms with Crippen LogP contribution in [0.25, 0.3) is 0 Å². The van der Waals surface area contributed by atoms with Crippen molar-refractivity contribution in [2.75, 3.05) is 6.67 Å². The molecule has 0 aromatic rings. The maximum absolute atomic E-state index is 9.79. The monoisotopic (exact) mass is 154 g/mol. The Kier molecular flexibility index (Phi) is 5.08. The molecule has 0 heterocycles. The van der Waals surface area contributed by atoms with Gasteiger partial charge in [-0.25, -0.2) is 4.21 Å². The van der Waals surface area contributed by atoms with Gasteiger partial charge in [0.1, 0.15) is 0 Å². The fraction of sp³-hybridized carbons (Fsp3) is 0.500. The van der Waals surface area contributed by atoms with Gasteiger partial charge in [-0.05, 0) is 0 Å². The molecule has 0 saturated heterocycles. The fourth-order valence-corrected chi connectivity index (χ4v) is 0.435. The van der Waals surface area contributed by atoms with Crippen molar-refractivity contribution in [3.8, 4) is 0 Å². The Morgan fingerprint density at radius 2 is 2.50 bits per heavy atom. The lowest BCUT2D eigenvalue weighted by Gasteiger charge is -1.95. The van der Waals surface area contributed by atoms with E-state index < -0.39 is 11.3 Å². The molecule has 1 atom stereocenters. The molecule has 48 valence electrons. The average molecular weight is 154 g/mol. The zero-order valence-electron chi connectivity index (χ0n) is 3.96. The van der Waals surface area contributed by atoms with Gasteiger partial charge in [-0.15, -0.1) is 0 Å². The Morgan fingerprint density at radius 3 is 2.88 bits per heavy atom. The molecule has 8 heavy (non-hydrogen) atoms. The summed E-state index contributed by atoms with van der Waals surface area (Å²) < 4.78 is 20.0. The summed E-state index contributed by atoms with van der Waals surface area (Å²) in [7, 11) is 0. The molecular formula is C2H6N2O2S2. The smallest absolute Gasteiger partial charge is 0.233 e. The van der Waals surface area contributed by atoms with Gasteiger partial charge in [0.2, 0.25) is 11.3 Å². The van der Waals surface area contributed by atoms with E-state index in [1.165, 1.54) is 5.49 Å². The Balaban J connectivity index is 2.93. The average Bonchev–Trinajstić information content (AvgIpc) is 1.66. The molecule has 6 heteroatoms. The molecule has 0 aliphatic heterocycles. The molecule has 0 bridgehead atoms. The van der Waals surface area contributed by atoms with E-state index >= 15 is 0 Å². The summed E-state index contributed by atoms with van der Waals surface area (Å²) in [6.07, 6.45) is 0. The fourth-order valence-electron chi connectivity index (χ4n) is 0.145. The SMILES string of the molecule is O=S(O)NCNC=S. The van der Waals surface area contributed by atoms with Crippen LogP contribution in [0.5, 0.6) is 0 Å². The van der Waals surface area contributed by atoms with E-state index in [1.54, 1.807) is 0 Å². The molecule has 3 N–H and O–H groups in total. The van der Waals surface area contributed by atoms with Crippen molar-refractivity contribution in [2.24, 2.45) is 0 Å². The van der Waals surface area contributed by atoms with Crippen LogP contribution in [-0.4, -0.2) is 20.9 Å². The molecule has 0 aromatic heterocycles. The van der Waals surface area contributed by atoms with Crippen molar-refractivity contribution in [1.82, 2.24) is 10.0 Å². The first kappa shape index (κ1) is 7.96. The minimum atomic E-state index is -1.95. The highest BCUT2D eigenvalue weighted by Crippen LogP contribution is 1.56. The Hall–Kier alpha value is -0.0400. The van der Waals surface area contributed by atoms with Gasteiger partial charge in [0.15, 0.2) is 0 Å². The Bertz CT molecular complexity index is 96.0. The molecule has 0 saturated carbocycles. The van der Waals surface area contributed by atoms with Crippen molar-refractivity contribution in [3.05, 3.63) is 0 Å². The molecule has 0 aromatic carbocycles. The van der Waals surface area contributed by atoms with E-state index in [0.717, 1.165) is 0 Å². The molecule has 0 aliphatic carbocycles. The van der Waals surface area contributed by atoms with Crippen molar-refractivity contribution < 1.29 is 8.76 Å². The molecule has 4 nitrogen and oxygen atoms in total. The molecule has 0 amide bonds. The lowest BCUT2D eigenvalue weighted by Crippen LogP contribution is -2.28. The first-order chi connectivity index (χ1) is 3.77. The second kappa shape index (κ2) is 5.10. The van der Waals surface area contributed by atoms with E-state index in [4.69, 9.17) is 4.55 Å². The van der Waals surface area contributed by atoms with Crippen LogP contribution in [0, 0.1) is 0 Å². The van der Waals surface area contributed by atoms with Gasteiger partial charge in [0.05, 0.1) is 12.2 Å². The van der Waals surface area contributed by atoms with Gasteiger partial charge in [-0.3, -0.25) is 4.55 Å². The third-order valence-corrected chi connectivity index (χ3v) is 0.939. The van der Waals surface area contributed by atoms with E-state index in [2.05, 4.69) is 22.3 Å². The predicted octanol–water partition coefficient (Wildman–Crippen LogP) is -0.783. The zero-order valence-corrected chi connectivity index (χ0v) is 5.59. The van der Waals surface area contributed by atoms with E-state index in [1.807, 2.05) is 0 Å². The molecular weight excluding hydrogens is 148 g/mol. The van der Waals surface area contributed by atoms with E-state index in [0.29, 0.717) is 0 Å². The second-order valence-electron chi connectivity index (χ2n) is 0.892. The van der Waals surface area contributed by atoms with Gasteiger partial charge < -0.3 is 5.32 Å². The molecule has 0 aliphatic rings. The Labute approximate surface area is 55.1 Å². The molecule has 0 rings (SSSR count). The third-order valence-electron chi connectivity index (χ3n) is 0.381. The van der Waals surface area contributed by atoms with Crippen molar-refractivity contribution >= 4 is 29.0 Å². The first-order valence-corrected chi connectivity index (χ1v) is 3.36. The standard InChI is InChI=1S/C2H6N2O2S2/c5-8(6)4-1-3-2-7/h2,4H,1H2,(H,3,7)(H,5,6). The highest BCUT2D eigenvalue weighted by Gasteiger charge is 1.84. The summed E-state index contributed by atoms with van der Waals surface area (Å²) in [4.78, 5) is 0. The minimum Gasteiger partial charge on any atom is -0.369 e. The minimum absolute atomic E-state index is 0.215. The van der Waals surface area contributed by atoms with Gasteiger partial charge in [0.25, 0.3) is 0 Å². The van der Waals surface area contributed by atoms with Crippen LogP contribution in [0.1, 0.15) is 0 Å². The Morgan fingerprint density at radius 1 is 1.88 bits per heavy atom. The lowest BCUT2D eigenvalue weighted by atomic mass is 11.1.